The first-order valence-electron chi connectivity index (χ1n) is 5.72. The van der Waals surface area contributed by atoms with E-state index in [0.717, 1.165) is 11.4 Å². The molecule has 0 amide bonds. The average Bonchev–Trinajstić information content (AvgIpc) is 2.84. The summed E-state index contributed by atoms with van der Waals surface area (Å²) >= 11 is 6.18. The second-order valence-electron chi connectivity index (χ2n) is 4.10. The van der Waals surface area contributed by atoms with Crippen molar-refractivity contribution in [3.63, 3.8) is 0 Å². The van der Waals surface area contributed by atoms with Crippen LogP contribution in [0.4, 0.5) is 5.69 Å². The molecule has 0 saturated heterocycles. The maximum atomic E-state index is 10.9. The lowest BCUT2D eigenvalue weighted by molar-refractivity contribution is 0.0690. The fourth-order valence-corrected chi connectivity index (χ4v) is 2.05. The number of carboxylic acid groups (broad SMARTS) is 1. The largest absolute Gasteiger partial charge is 0.476 e. The van der Waals surface area contributed by atoms with Crippen LogP contribution in [0.25, 0.3) is 0 Å². The monoisotopic (exact) mass is 283 g/mol. The Bertz CT molecular complexity index is 631. The van der Waals surface area contributed by atoms with Gasteiger partial charge in [-0.15, -0.1) is 0 Å². The minimum atomic E-state index is -1.15. The molecule has 0 radical (unpaired) electrons. The number of nitrogens with two attached hydrogens (primary N) is 1. The molecule has 0 aliphatic heterocycles. The van der Waals surface area contributed by atoms with E-state index in [-0.39, 0.29) is 11.4 Å². The number of nitrogens with zero attached hydrogens (tertiary/aromatic N) is 4. The van der Waals surface area contributed by atoms with Crippen molar-refractivity contribution in [2.45, 2.75) is 26.9 Å². The molecule has 102 valence electrons. The minimum Gasteiger partial charge on any atom is -0.476 e. The second kappa shape index (κ2) is 4.93. The van der Waals surface area contributed by atoms with E-state index >= 15 is 0 Å². The zero-order valence-corrected chi connectivity index (χ0v) is 11.3. The van der Waals surface area contributed by atoms with Gasteiger partial charge >= 0.3 is 5.97 Å². The summed E-state index contributed by atoms with van der Waals surface area (Å²) in [6, 6.07) is 0. The van der Waals surface area contributed by atoms with Crippen LogP contribution in [-0.2, 0) is 13.1 Å². The fourth-order valence-electron chi connectivity index (χ4n) is 1.86. The van der Waals surface area contributed by atoms with Gasteiger partial charge in [-0.2, -0.15) is 10.2 Å². The van der Waals surface area contributed by atoms with Crippen LogP contribution in [-0.4, -0.2) is 30.6 Å². The first kappa shape index (κ1) is 13.4. The maximum absolute atomic E-state index is 10.9. The molecule has 0 aromatic carbocycles. The van der Waals surface area contributed by atoms with Gasteiger partial charge in [0.1, 0.15) is 0 Å². The van der Waals surface area contributed by atoms with Crippen LogP contribution in [0.2, 0.25) is 5.02 Å². The highest BCUT2D eigenvalue weighted by Crippen LogP contribution is 2.21. The summed E-state index contributed by atoms with van der Waals surface area (Å²) in [6.07, 6.45) is 1.47. The number of aromatic nitrogens is 4. The van der Waals surface area contributed by atoms with E-state index in [1.54, 1.807) is 4.68 Å². The predicted molar refractivity (Wildman–Crippen MR) is 70.3 cm³/mol. The zero-order chi connectivity index (χ0) is 14.2. The molecule has 7 nitrogen and oxygen atoms in total. The number of aromatic carboxylic acids is 1. The van der Waals surface area contributed by atoms with Gasteiger partial charge in [-0.25, -0.2) is 4.79 Å². The molecule has 0 fully saturated rings. The first-order chi connectivity index (χ1) is 8.93. The summed E-state index contributed by atoms with van der Waals surface area (Å²) in [5, 5.41) is 17.7. The fraction of sp³-hybridized carbons (Fsp3) is 0.364. The Hall–Kier alpha value is -2.02. The molecule has 3 N–H and O–H groups in total. The number of rotatable bonds is 4. The van der Waals surface area contributed by atoms with E-state index in [0.29, 0.717) is 18.1 Å². The number of anilines is 1. The molecule has 2 heterocycles. The van der Waals surface area contributed by atoms with Gasteiger partial charge in [-0.05, 0) is 13.8 Å². The van der Waals surface area contributed by atoms with Crippen molar-refractivity contribution in [2.75, 3.05) is 5.73 Å². The number of carboxylic acids is 1. The van der Waals surface area contributed by atoms with E-state index in [9.17, 15) is 4.79 Å². The Morgan fingerprint density at radius 1 is 1.53 bits per heavy atom. The molecule has 0 unspecified atom stereocenters. The van der Waals surface area contributed by atoms with E-state index in [1.807, 2.05) is 13.8 Å². The van der Waals surface area contributed by atoms with Crippen molar-refractivity contribution in [1.82, 2.24) is 19.6 Å². The molecular weight excluding hydrogens is 270 g/mol. The van der Waals surface area contributed by atoms with Crippen LogP contribution < -0.4 is 5.73 Å². The number of nitrogen functional groups attached to an aromatic ring is 1. The summed E-state index contributed by atoms with van der Waals surface area (Å²) in [5.74, 6) is -1.15. The number of hydrogen-bond donors (Lipinski definition) is 2. The topological polar surface area (TPSA) is 99.0 Å². The van der Waals surface area contributed by atoms with Crippen LogP contribution in [0.3, 0.4) is 0 Å². The Morgan fingerprint density at radius 3 is 2.74 bits per heavy atom. The third-order valence-corrected chi connectivity index (χ3v) is 3.25. The molecule has 0 atom stereocenters. The summed E-state index contributed by atoms with van der Waals surface area (Å²) in [4.78, 5) is 10.9. The Kier molecular flexibility index (Phi) is 3.48. The predicted octanol–water partition coefficient (Wildman–Crippen LogP) is 1.39. The van der Waals surface area contributed by atoms with Crippen LogP contribution in [0, 0.1) is 6.92 Å². The lowest BCUT2D eigenvalue weighted by Gasteiger charge is -2.05. The maximum Gasteiger partial charge on any atom is 0.358 e. The molecule has 8 heteroatoms. The van der Waals surface area contributed by atoms with Crippen LogP contribution >= 0.6 is 11.6 Å². The lowest BCUT2D eigenvalue weighted by Crippen LogP contribution is -2.09. The number of carbonyl (C=O) groups is 1. The Balaban J connectivity index is 2.36. The van der Waals surface area contributed by atoms with Gasteiger partial charge < -0.3 is 10.8 Å². The summed E-state index contributed by atoms with van der Waals surface area (Å²) in [5.41, 5.74) is 7.07. The normalized spacial score (nSPS) is 10.9. The average molecular weight is 284 g/mol. The van der Waals surface area contributed by atoms with Crippen LogP contribution in [0.15, 0.2) is 6.20 Å². The molecule has 0 aliphatic carbocycles. The van der Waals surface area contributed by atoms with Gasteiger partial charge in [0.15, 0.2) is 5.69 Å². The number of hydrogen-bond acceptors (Lipinski definition) is 4. The van der Waals surface area contributed by atoms with Crippen molar-refractivity contribution in [3.05, 3.63) is 28.3 Å². The molecule has 0 saturated carbocycles. The summed E-state index contributed by atoms with van der Waals surface area (Å²) in [6.45, 7) is 4.76. The SMILES string of the molecule is CCn1nc(C)c(Cl)c1Cn1cc(N)c(C(=O)O)n1. The molecule has 0 spiro atoms. The Labute approximate surface area is 114 Å². The smallest absolute Gasteiger partial charge is 0.358 e. The lowest BCUT2D eigenvalue weighted by atomic mass is 10.3. The number of halogens is 1. The molecule has 19 heavy (non-hydrogen) atoms. The van der Waals surface area contributed by atoms with Crippen molar-refractivity contribution >= 4 is 23.3 Å². The summed E-state index contributed by atoms with van der Waals surface area (Å²) < 4.78 is 3.21. The van der Waals surface area contributed by atoms with Crippen molar-refractivity contribution < 1.29 is 9.90 Å². The van der Waals surface area contributed by atoms with Crippen LogP contribution in [0.5, 0.6) is 0 Å². The molecule has 0 bridgehead atoms. The highest BCUT2D eigenvalue weighted by atomic mass is 35.5. The molecule has 0 aliphatic rings. The second-order valence-corrected chi connectivity index (χ2v) is 4.48. The van der Waals surface area contributed by atoms with Gasteiger partial charge in [0.05, 0.1) is 28.6 Å². The van der Waals surface area contributed by atoms with E-state index in [1.165, 1.54) is 10.9 Å². The van der Waals surface area contributed by atoms with Gasteiger partial charge in [-0.1, -0.05) is 11.6 Å². The molecule has 2 rings (SSSR count). The van der Waals surface area contributed by atoms with Crippen molar-refractivity contribution in [3.8, 4) is 0 Å². The molecular formula is C11H14ClN5O2. The van der Waals surface area contributed by atoms with Gasteiger partial charge in [0.25, 0.3) is 0 Å². The highest BCUT2D eigenvalue weighted by Gasteiger charge is 2.17. The van der Waals surface area contributed by atoms with Gasteiger partial charge in [-0.3, -0.25) is 9.36 Å². The van der Waals surface area contributed by atoms with Gasteiger partial charge in [0, 0.05) is 12.7 Å². The third-order valence-electron chi connectivity index (χ3n) is 2.76. The van der Waals surface area contributed by atoms with E-state index < -0.39 is 5.97 Å². The highest BCUT2D eigenvalue weighted by molar-refractivity contribution is 6.31. The number of aryl methyl sites for hydroxylation is 2. The summed E-state index contributed by atoms with van der Waals surface area (Å²) in [7, 11) is 0. The molecule has 2 aromatic rings. The van der Waals surface area contributed by atoms with Gasteiger partial charge in [0.2, 0.25) is 0 Å². The van der Waals surface area contributed by atoms with Crippen LogP contribution in [0.1, 0.15) is 28.8 Å². The standard InChI is InChI=1S/C11H14ClN5O2/c1-3-17-8(9(12)6(2)14-17)5-16-4-7(13)10(15-16)11(18)19/h4H,3,5,13H2,1-2H3,(H,18,19). The van der Waals surface area contributed by atoms with Crippen molar-refractivity contribution in [1.29, 1.82) is 0 Å². The Morgan fingerprint density at radius 2 is 2.21 bits per heavy atom. The zero-order valence-electron chi connectivity index (χ0n) is 10.6. The quantitative estimate of drug-likeness (QED) is 0.883. The van der Waals surface area contributed by atoms with E-state index in [4.69, 9.17) is 22.4 Å². The first-order valence-corrected chi connectivity index (χ1v) is 6.09. The molecule has 2 aromatic heterocycles. The third kappa shape index (κ3) is 2.41. The minimum absolute atomic E-state index is 0.128. The van der Waals surface area contributed by atoms with Crippen molar-refractivity contribution in [2.24, 2.45) is 0 Å². The van der Waals surface area contributed by atoms with E-state index in [2.05, 4.69) is 10.2 Å².